The first-order valence-electron chi connectivity index (χ1n) is 28.9. The zero-order valence-electron chi connectivity index (χ0n) is 44.1. The second kappa shape index (κ2) is 53.8. The molecule has 0 fully saturated rings. The van der Waals surface area contributed by atoms with Gasteiger partial charge in [0.05, 0.1) is 25.2 Å². The van der Waals surface area contributed by atoms with Gasteiger partial charge < -0.3 is 20.3 Å². The summed E-state index contributed by atoms with van der Waals surface area (Å²) in [4.78, 5) is 26.3. The van der Waals surface area contributed by atoms with Crippen molar-refractivity contribution in [1.82, 2.24) is 5.32 Å². The van der Waals surface area contributed by atoms with Crippen molar-refractivity contribution in [2.24, 2.45) is 0 Å². The van der Waals surface area contributed by atoms with E-state index in [1.54, 1.807) is 0 Å². The van der Waals surface area contributed by atoms with E-state index < -0.39 is 18.2 Å². The van der Waals surface area contributed by atoms with Gasteiger partial charge in [-0.05, 0) is 70.6 Å². The number of amides is 1. The Hall–Kier alpha value is -2.18. The van der Waals surface area contributed by atoms with Crippen molar-refractivity contribution < 1.29 is 24.5 Å². The lowest BCUT2D eigenvalue weighted by molar-refractivity contribution is -0.151. The van der Waals surface area contributed by atoms with Crippen LogP contribution in [0.1, 0.15) is 297 Å². The Balaban J connectivity index is 4.60. The molecule has 0 saturated heterocycles. The van der Waals surface area contributed by atoms with Gasteiger partial charge in [0, 0.05) is 6.42 Å². The Labute approximate surface area is 410 Å². The smallest absolute Gasteiger partial charge is 0.306 e. The fourth-order valence-electron chi connectivity index (χ4n) is 8.77. The summed E-state index contributed by atoms with van der Waals surface area (Å²) in [5.41, 5.74) is 0. The van der Waals surface area contributed by atoms with Crippen LogP contribution in [-0.4, -0.2) is 46.9 Å². The van der Waals surface area contributed by atoms with Gasteiger partial charge in [0.15, 0.2) is 0 Å². The Morgan fingerprint density at radius 3 is 1.18 bits per heavy atom. The number of rotatable bonds is 52. The maximum absolute atomic E-state index is 13.3. The zero-order chi connectivity index (χ0) is 48.1. The molecule has 0 aromatic rings. The minimum atomic E-state index is -0.792. The summed E-state index contributed by atoms with van der Waals surface area (Å²) in [7, 11) is 0. The van der Waals surface area contributed by atoms with E-state index in [-0.39, 0.29) is 24.9 Å². The minimum Gasteiger partial charge on any atom is -0.462 e. The van der Waals surface area contributed by atoms with Crippen LogP contribution in [0, 0.1) is 0 Å². The lowest BCUT2D eigenvalue weighted by Crippen LogP contribution is -2.46. The molecular formula is C60H111NO5. The maximum Gasteiger partial charge on any atom is 0.306 e. The first-order chi connectivity index (χ1) is 32.5. The average molecular weight is 927 g/mol. The highest BCUT2D eigenvalue weighted by Crippen LogP contribution is 2.18. The van der Waals surface area contributed by atoms with Crippen LogP contribution in [-0.2, 0) is 14.3 Å². The third kappa shape index (κ3) is 48.3. The number of aliphatic hydroxyl groups excluding tert-OH is 2. The van der Waals surface area contributed by atoms with Gasteiger partial charge >= 0.3 is 5.97 Å². The number of carbonyl (C=O) groups is 2. The quantitative estimate of drug-likeness (QED) is 0.0321. The Kier molecular flexibility index (Phi) is 52.0. The molecule has 0 saturated carbocycles. The lowest BCUT2D eigenvalue weighted by Gasteiger charge is -2.24. The van der Waals surface area contributed by atoms with Gasteiger partial charge in [0.1, 0.15) is 6.10 Å². The number of unbranched alkanes of at least 4 members (excludes halogenated alkanes) is 32. The highest BCUT2D eigenvalue weighted by Gasteiger charge is 2.24. The molecule has 0 rings (SSSR count). The number of ether oxygens (including phenoxy) is 1. The molecule has 386 valence electrons. The van der Waals surface area contributed by atoms with E-state index in [9.17, 15) is 19.8 Å². The van der Waals surface area contributed by atoms with E-state index in [0.29, 0.717) is 19.3 Å². The second-order valence-electron chi connectivity index (χ2n) is 19.7. The molecule has 3 unspecified atom stereocenters. The van der Waals surface area contributed by atoms with Crippen LogP contribution in [0.5, 0.6) is 0 Å². The standard InChI is InChI=1S/C60H111NO5/c1-4-7-10-13-16-19-22-25-27-29-30-31-33-35-38-41-44-47-50-53-60(65)66-56(51-48-45-42-39-36-34-32-28-26-23-20-17-14-11-8-5-2)54-59(64)61-57(55-62)58(63)52-49-46-43-40-37-24-21-18-15-12-9-6-3/h16,19,25,27,30-31,35,38,56-58,62-63H,4-15,17-18,20-24,26,28-29,32-34,36-37,39-55H2,1-3H3,(H,61,64)/b19-16-,27-25-,31-30-,38-35-. The average Bonchev–Trinajstić information content (AvgIpc) is 3.31. The Morgan fingerprint density at radius 1 is 0.439 bits per heavy atom. The first kappa shape index (κ1) is 63.8. The molecule has 0 radical (unpaired) electrons. The van der Waals surface area contributed by atoms with Gasteiger partial charge in [-0.3, -0.25) is 9.59 Å². The van der Waals surface area contributed by atoms with Gasteiger partial charge in [-0.15, -0.1) is 0 Å². The van der Waals surface area contributed by atoms with E-state index in [1.165, 1.54) is 173 Å². The Morgan fingerprint density at radius 2 is 0.773 bits per heavy atom. The van der Waals surface area contributed by atoms with Gasteiger partial charge in [0.25, 0.3) is 0 Å². The predicted octanol–water partition coefficient (Wildman–Crippen LogP) is 17.8. The summed E-state index contributed by atoms with van der Waals surface area (Å²) in [5.74, 6) is -0.496. The molecule has 3 atom stereocenters. The van der Waals surface area contributed by atoms with Crippen LogP contribution in [0.2, 0.25) is 0 Å². The molecule has 3 N–H and O–H groups in total. The summed E-state index contributed by atoms with van der Waals surface area (Å²) >= 11 is 0. The maximum atomic E-state index is 13.3. The van der Waals surface area contributed by atoms with E-state index in [1.807, 2.05) is 0 Å². The largest absolute Gasteiger partial charge is 0.462 e. The van der Waals surface area contributed by atoms with E-state index in [2.05, 4.69) is 74.7 Å². The predicted molar refractivity (Wildman–Crippen MR) is 287 cm³/mol. The van der Waals surface area contributed by atoms with Crippen LogP contribution in [0.4, 0.5) is 0 Å². The molecule has 66 heavy (non-hydrogen) atoms. The minimum absolute atomic E-state index is 0.0678. The monoisotopic (exact) mass is 926 g/mol. The molecule has 0 spiro atoms. The number of esters is 1. The topological polar surface area (TPSA) is 95.9 Å². The van der Waals surface area contributed by atoms with Gasteiger partial charge in [0.2, 0.25) is 5.91 Å². The molecule has 0 heterocycles. The molecular weight excluding hydrogens is 815 g/mol. The molecule has 6 nitrogen and oxygen atoms in total. The summed E-state index contributed by atoms with van der Waals surface area (Å²) < 4.78 is 5.95. The number of hydrogen-bond acceptors (Lipinski definition) is 5. The summed E-state index contributed by atoms with van der Waals surface area (Å²) in [6.07, 6.45) is 66.0. The number of nitrogens with one attached hydrogen (secondary N) is 1. The van der Waals surface area contributed by atoms with Gasteiger partial charge in [-0.25, -0.2) is 0 Å². The van der Waals surface area contributed by atoms with Crippen molar-refractivity contribution in [3.8, 4) is 0 Å². The number of hydrogen-bond donors (Lipinski definition) is 3. The molecule has 0 bridgehead atoms. The van der Waals surface area contributed by atoms with Crippen LogP contribution < -0.4 is 5.32 Å². The fraction of sp³-hybridized carbons (Fsp3) is 0.833. The molecule has 0 aliphatic rings. The van der Waals surface area contributed by atoms with Gasteiger partial charge in [-0.1, -0.05) is 262 Å². The fourth-order valence-corrected chi connectivity index (χ4v) is 8.77. The number of carbonyl (C=O) groups excluding carboxylic acids is 2. The molecule has 0 aromatic carbocycles. The SMILES string of the molecule is CCCCC/C=C\C/C=C\C/C=C\C/C=C\CCCCCC(=O)OC(CCCCCCCCCCCCCCCCCC)CC(=O)NC(CO)C(O)CCCCCCCCCCCCCC. The van der Waals surface area contributed by atoms with Crippen LogP contribution in [0.15, 0.2) is 48.6 Å². The molecule has 1 amide bonds. The third-order valence-electron chi connectivity index (χ3n) is 13.2. The molecule has 0 aliphatic heterocycles. The highest BCUT2D eigenvalue weighted by molar-refractivity contribution is 5.77. The lowest BCUT2D eigenvalue weighted by atomic mass is 10.0. The second-order valence-corrected chi connectivity index (χ2v) is 19.7. The first-order valence-corrected chi connectivity index (χ1v) is 28.9. The summed E-state index contributed by atoms with van der Waals surface area (Å²) in [6, 6.07) is -0.707. The summed E-state index contributed by atoms with van der Waals surface area (Å²) in [6.45, 7) is 6.47. The van der Waals surface area contributed by atoms with Crippen LogP contribution in [0.3, 0.4) is 0 Å². The summed E-state index contributed by atoms with van der Waals surface area (Å²) in [5, 5.41) is 23.8. The van der Waals surface area contributed by atoms with Crippen molar-refractivity contribution in [2.75, 3.05) is 6.61 Å². The van der Waals surface area contributed by atoms with E-state index in [4.69, 9.17) is 4.74 Å². The van der Waals surface area contributed by atoms with Crippen molar-refractivity contribution in [3.05, 3.63) is 48.6 Å². The van der Waals surface area contributed by atoms with Crippen molar-refractivity contribution in [3.63, 3.8) is 0 Å². The molecule has 0 aromatic heterocycles. The van der Waals surface area contributed by atoms with Crippen LogP contribution in [0.25, 0.3) is 0 Å². The van der Waals surface area contributed by atoms with Crippen LogP contribution >= 0.6 is 0 Å². The molecule has 6 heteroatoms. The molecule has 0 aliphatic carbocycles. The normalized spacial score (nSPS) is 13.5. The van der Waals surface area contributed by atoms with Crippen molar-refractivity contribution >= 4 is 11.9 Å². The van der Waals surface area contributed by atoms with Crippen molar-refractivity contribution in [1.29, 1.82) is 0 Å². The van der Waals surface area contributed by atoms with E-state index in [0.717, 1.165) is 77.0 Å². The highest BCUT2D eigenvalue weighted by atomic mass is 16.5. The van der Waals surface area contributed by atoms with Gasteiger partial charge in [-0.2, -0.15) is 0 Å². The third-order valence-corrected chi connectivity index (χ3v) is 13.2. The number of aliphatic hydroxyl groups is 2. The van der Waals surface area contributed by atoms with E-state index >= 15 is 0 Å². The zero-order valence-corrected chi connectivity index (χ0v) is 44.1. The van der Waals surface area contributed by atoms with Crippen molar-refractivity contribution in [2.45, 2.75) is 315 Å². The Bertz CT molecular complexity index is 1130. The number of allylic oxidation sites excluding steroid dienone is 8.